The van der Waals surface area contributed by atoms with Gasteiger partial charge in [-0.3, -0.25) is 4.79 Å². The lowest BCUT2D eigenvalue weighted by molar-refractivity contribution is -0.121. The van der Waals surface area contributed by atoms with Crippen LogP contribution in [0, 0.1) is 0 Å². The van der Waals surface area contributed by atoms with Gasteiger partial charge in [-0.2, -0.15) is 0 Å². The molecule has 1 atom stereocenters. The van der Waals surface area contributed by atoms with Crippen LogP contribution in [0.2, 0.25) is 0 Å². The van der Waals surface area contributed by atoms with Crippen molar-refractivity contribution >= 4 is 17.7 Å². The van der Waals surface area contributed by atoms with Gasteiger partial charge in [0.1, 0.15) is 6.33 Å². The highest BCUT2D eigenvalue weighted by atomic mass is 32.2. The van der Waals surface area contributed by atoms with Gasteiger partial charge in [0.05, 0.1) is 10.9 Å². The summed E-state index contributed by atoms with van der Waals surface area (Å²) in [5.41, 5.74) is 0.964. The molecule has 23 heavy (non-hydrogen) atoms. The summed E-state index contributed by atoms with van der Waals surface area (Å²) in [6, 6.07) is 10.2. The molecule has 1 amide bonds. The fraction of sp³-hybridized carbons (Fsp3) is 0.471. The van der Waals surface area contributed by atoms with Gasteiger partial charge in [0.15, 0.2) is 0 Å². The first-order valence-electron chi connectivity index (χ1n) is 8.16. The fourth-order valence-electron chi connectivity index (χ4n) is 2.78. The minimum Gasteiger partial charge on any atom is -0.352 e. The van der Waals surface area contributed by atoms with Crippen LogP contribution in [0.3, 0.4) is 0 Å². The van der Waals surface area contributed by atoms with Crippen LogP contribution in [0.15, 0.2) is 41.8 Å². The molecule has 0 radical (unpaired) electrons. The molecule has 0 unspecified atom stereocenters. The molecule has 0 bridgehead atoms. The summed E-state index contributed by atoms with van der Waals surface area (Å²) in [7, 11) is 0. The van der Waals surface area contributed by atoms with Gasteiger partial charge in [-0.1, -0.05) is 49.2 Å². The van der Waals surface area contributed by atoms with Crippen molar-refractivity contribution in [3.05, 3.63) is 36.7 Å². The molecule has 0 aliphatic heterocycles. The number of hydrogen-bond acceptors (Lipinski definition) is 4. The number of hydrogen-bond donors (Lipinski definition) is 1. The van der Waals surface area contributed by atoms with E-state index in [0.717, 1.165) is 18.5 Å². The number of nitrogens with zero attached hydrogens (tertiary/aromatic N) is 3. The van der Waals surface area contributed by atoms with Crippen LogP contribution in [0.5, 0.6) is 0 Å². The maximum absolute atomic E-state index is 12.3. The van der Waals surface area contributed by atoms with Crippen LogP contribution in [-0.4, -0.2) is 32.0 Å². The first kappa shape index (κ1) is 16.1. The third-order valence-electron chi connectivity index (χ3n) is 4.09. The lowest BCUT2D eigenvalue weighted by atomic mass is 9.95. The van der Waals surface area contributed by atoms with Gasteiger partial charge in [0.2, 0.25) is 11.1 Å². The molecule has 1 aliphatic carbocycles. The Hall–Kier alpha value is -1.82. The van der Waals surface area contributed by atoms with Crippen LogP contribution in [0.25, 0.3) is 5.69 Å². The van der Waals surface area contributed by atoms with Crippen molar-refractivity contribution in [2.24, 2.45) is 0 Å². The third kappa shape index (κ3) is 4.34. The molecule has 1 aromatic carbocycles. The highest BCUT2D eigenvalue weighted by Gasteiger charge is 2.21. The van der Waals surface area contributed by atoms with E-state index in [9.17, 15) is 4.79 Å². The molecule has 1 N–H and O–H groups in total. The summed E-state index contributed by atoms with van der Waals surface area (Å²) in [6.07, 6.45) is 7.61. The zero-order valence-corrected chi connectivity index (χ0v) is 14.1. The number of para-hydroxylation sites is 1. The number of carbonyl (C=O) groups is 1. The molecule has 1 heterocycles. The highest BCUT2D eigenvalue weighted by Crippen LogP contribution is 2.22. The second kappa shape index (κ2) is 7.64. The monoisotopic (exact) mass is 330 g/mol. The van der Waals surface area contributed by atoms with E-state index in [1.807, 2.05) is 37.3 Å². The molecule has 122 valence electrons. The molecule has 0 spiro atoms. The summed E-state index contributed by atoms with van der Waals surface area (Å²) in [6.45, 7) is 1.91. The van der Waals surface area contributed by atoms with E-state index < -0.39 is 0 Å². The molecule has 0 saturated heterocycles. The number of thioether (sulfide) groups is 1. The van der Waals surface area contributed by atoms with Gasteiger partial charge in [-0.25, -0.2) is 9.67 Å². The van der Waals surface area contributed by atoms with E-state index in [-0.39, 0.29) is 11.2 Å². The number of carbonyl (C=O) groups excluding carboxylic acids is 1. The van der Waals surface area contributed by atoms with Gasteiger partial charge in [0, 0.05) is 6.04 Å². The van der Waals surface area contributed by atoms with Crippen LogP contribution in [-0.2, 0) is 4.79 Å². The maximum Gasteiger partial charge on any atom is 0.233 e. The third-order valence-corrected chi connectivity index (χ3v) is 5.06. The Labute approximate surface area is 140 Å². The van der Waals surface area contributed by atoms with E-state index in [1.165, 1.54) is 31.0 Å². The van der Waals surface area contributed by atoms with Gasteiger partial charge >= 0.3 is 0 Å². The fourth-order valence-corrected chi connectivity index (χ4v) is 3.52. The Bertz CT molecular complexity index is 637. The van der Waals surface area contributed by atoms with E-state index >= 15 is 0 Å². The van der Waals surface area contributed by atoms with Crippen molar-refractivity contribution in [3.63, 3.8) is 0 Å². The number of nitrogens with one attached hydrogen (secondary N) is 1. The van der Waals surface area contributed by atoms with Gasteiger partial charge in [-0.15, -0.1) is 5.10 Å². The molecule has 1 saturated carbocycles. The van der Waals surface area contributed by atoms with E-state index in [0.29, 0.717) is 11.2 Å². The van der Waals surface area contributed by atoms with Crippen molar-refractivity contribution in [2.45, 2.75) is 55.5 Å². The first-order valence-corrected chi connectivity index (χ1v) is 9.04. The molecule has 5 nitrogen and oxygen atoms in total. The molecule has 1 fully saturated rings. The van der Waals surface area contributed by atoms with Crippen LogP contribution in [0.1, 0.15) is 39.0 Å². The van der Waals surface area contributed by atoms with Crippen molar-refractivity contribution < 1.29 is 4.79 Å². The highest BCUT2D eigenvalue weighted by molar-refractivity contribution is 8.00. The Morgan fingerprint density at radius 1 is 1.26 bits per heavy atom. The van der Waals surface area contributed by atoms with Crippen LogP contribution in [0.4, 0.5) is 0 Å². The quantitative estimate of drug-likeness (QED) is 0.855. The smallest absolute Gasteiger partial charge is 0.233 e. The van der Waals surface area contributed by atoms with Gasteiger partial charge in [0.25, 0.3) is 0 Å². The SMILES string of the molecule is C[C@H](Sc1ncn(-c2ccccc2)n1)C(=O)NC1CCCCC1. The first-order chi connectivity index (χ1) is 11.2. The lowest BCUT2D eigenvalue weighted by Crippen LogP contribution is -2.40. The number of amides is 1. The Kier molecular flexibility index (Phi) is 5.33. The topological polar surface area (TPSA) is 59.8 Å². The zero-order chi connectivity index (χ0) is 16.1. The predicted octanol–water partition coefficient (Wildman–Crippen LogP) is 3.20. The van der Waals surface area contributed by atoms with Crippen molar-refractivity contribution in [3.8, 4) is 5.69 Å². The van der Waals surface area contributed by atoms with E-state index in [2.05, 4.69) is 15.4 Å². The standard InChI is InChI=1S/C17H22N4OS/c1-13(16(22)19-14-8-4-2-5-9-14)23-17-18-12-21(20-17)15-10-6-3-7-11-15/h3,6-7,10-14H,2,4-5,8-9H2,1H3,(H,19,22)/t13-/m0/s1. The maximum atomic E-state index is 12.3. The molecule has 2 aromatic rings. The van der Waals surface area contributed by atoms with Crippen molar-refractivity contribution in [1.29, 1.82) is 0 Å². The Morgan fingerprint density at radius 3 is 2.74 bits per heavy atom. The summed E-state index contributed by atoms with van der Waals surface area (Å²) in [5.74, 6) is 0.0814. The normalized spacial score (nSPS) is 16.9. The summed E-state index contributed by atoms with van der Waals surface area (Å²) >= 11 is 1.40. The molecular weight excluding hydrogens is 308 g/mol. The molecular formula is C17H22N4OS. The average molecular weight is 330 g/mol. The number of aromatic nitrogens is 3. The van der Waals surface area contributed by atoms with E-state index in [1.54, 1.807) is 11.0 Å². The zero-order valence-electron chi connectivity index (χ0n) is 13.3. The van der Waals surface area contributed by atoms with E-state index in [4.69, 9.17) is 0 Å². The summed E-state index contributed by atoms with van der Waals surface area (Å²) < 4.78 is 1.73. The van der Waals surface area contributed by atoms with Crippen LogP contribution >= 0.6 is 11.8 Å². The molecule has 1 aromatic heterocycles. The Balaban J connectivity index is 1.56. The largest absolute Gasteiger partial charge is 0.352 e. The predicted molar refractivity (Wildman–Crippen MR) is 91.7 cm³/mol. The number of benzene rings is 1. The lowest BCUT2D eigenvalue weighted by Gasteiger charge is -2.24. The Morgan fingerprint density at radius 2 is 2.00 bits per heavy atom. The van der Waals surface area contributed by atoms with Crippen molar-refractivity contribution in [2.75, 3.05) is 0 Å². The molecule has 6 heteroatoms. The minimum atomic E-state index is -0.191. The second-order valence-electron chi connectivity index (χ2n) is 5.91. The summed E-state index contributed by atoms with van der Waals surface area (Å²) in [4.78, 5) is 16.6. The molecule has 1 aliphatic rings. The van der Waals surface area contributed by atoms with Gasteiger partial charge in [-0.05, 0) is 31.9 Å². The molecule has 3 rings (SSSR count). The number of rotatable bonds is 5. The van der Waals surface area contributed by atoms with Gasteiger partial charge < -0.3 is 5.32 Å². The van der Waals surface area contributed by atoms with Crippen molar-refractivity contribution in [1.82, 2.24) is 20.1 Å². The van der Waals surface area contributed by atoms with Crippen LogP contribution < -0.4 is 5.32 Å². The minimum absolute atomic E-state index is 0.0814. The summed E-state index contributed by atoms with van der Waals surface area (Å²) in [5, 5.41) is 8.03. The second-order valence-corrected chi connectivity index (χ2v) is 7.22. The average Bonchev–Trinajstić information content (AvgIpc) is 3.05.